The van der Waals surface area contributed by atoms with Gasteiger partial charge in [-0.1, -0.05) is 6.92 Å². The van der Waals surface area contributed by atoms with Gasteiger partial charge in [-0.25, -0.2) is 8.42 Å². The number of rotatable bonds is 8. The molecule has 1 N–H and O–H groups in total. The van der Waals surface area contributed by atoms with E-state index in [2.05, 4.69) is 5.32 Å². The lowest BCUT2D eigenvalue weighted by atomic mass is 10.2. The third-order valence-electron chi connectivity index (χ3n) is 5.09. The quantitative estimate of drug-likeness (QED) is 0.540. The number of ether oxygens (including phenoxy) is 2. The number of nitrogens with zero attached hydrogens (tertiary/aromatic N) is 1. The highest BCUT2D eigenvalue weighted by atomic mass is 32.2. The number of thiophene rings is 1. The molecular weight excluding hydrogens is 436 g/mol. The molecule has 31 heavy (non-hydrogen) atoms. The lowest BCUT2D eigenvalue weighted by Crippen LogP contribution is -2.31. The fourth-order valence-corrected chi connectivity index (χ4v) is 5.16. The van der Waals surface area contributed by atoms with E-state index in [0.29, 0.717) is 22.1 Å². The topological polar surface area (TPSA) is 84.9 Å². The molecule has 1 amide bonds. The molecule has 0 saturated heterocycles. The molecule has 0 fully saturated rings. The molecule has 1 aromatic heterocycles. The van der Waals surface area contributed by atoms with E-state index in [1.807, 2.05) is 19.9 Å². The van der Waals surface area contributed by atoms with Crippen molar-refractivity contribution in [3.63, 3.8) is 0 Å². The molecular formula is C22H26N2O5S2. The molecule has 9 heteroatoms. The van der Waals surface area contributed by atoms with Crippen LogP contribution in [0.1, 0.15) is 29.9 Å². The number of hydrogen-bond acceptors (Lipinski definition) is 6. The summed E-state index contributed by atoms with van der Waals surface area (Å²) in [5.74, 6) is 0.664. The van der Waals surface area contributed by atoms with Crippen molar-refractivity contribution in [1.29, 1.82) is 0 Å². The summed E-state index contributed by atoms with van der Waals surface area (Å²) < 4.78 is 38.9. The summed E-state index contributed by atoms with van der Waals surface area (Å²) in [6, 6.07) is 11.7. The van der Waals surface area contributed by atoms with E-state index < -0.39 is 10.0 Å². The smallest absolute Gasteiger partial charge is 0.264 e. The van der Waals surface area contributed by atoms with Crippen LogP contribution in [0.25, 0.3) is 10.1 Å². The molecule has 0 unspecified atom stereocenters. The predicted octanol–water partition coefficient (Wildman–Crippen LogP) is 4.27. The van der Waals surface area contributed by atoms with Crippen LogP contribution in [0.15, 0.2) is 47.4 Å². The van der Waals surface area contributed by atoms with E-state index in [9.17, 15) is 13.2 Å². The number of sulfonamides is 1. The highest BCUT2D eigenvalue weighted by Gasteiger charge is 2.24. The second-order valence-corrected chi connectivity index (χ2v) is 10.2. The van der Waals surface area contributed by atoms with E-state index in [0.717, 1.165) is 16.5 Å². The number of benzene rings is 2. The van der Waals surface area contributed by atoms with Crippen LogP contribution in [0.3, 0.4) is 0 Å². The highest BCUT2D eigenvalue weighted by Crippen LogP contribution is 2.34. The van der Waals surface area contributed by atoms with E-state index in [1.54, 1.807) is 24.3 Å². The Balaban J connectivity index is 1.93. The van der Waals surface area contributed by atoms with E-state index in [-0.39, 0.29) is 16.8 Å². The number of nitrogens with one attached hydrogen (secondary N) is 1. The number of hydrogen-bond donors (Lipinski definition) is 1. The van der Waals surface area contributed by atoms with Crippen LogP contribution in [0.4, 0.5) is 5.69 Å². The monoisotopic (exact) mass is 462 g/mol. The Hall–Kier alpha value is -2.78. The second-order valence-electron chi connectivity index (χ2n) is 7.10. The summed E-state index contributed by atoms with van der Waals surface area (Å²) in [5, 5.41) is 3.76. The Morgan fingerprint density at radius 3 is 2.45 bits per heavy atom. The number of carbonyl (C=O) groups is 1. The lowest BCUT2D eigenvalue weighted by molar-refractivity contribution is 0.0943. The Bertz CT molecular complexity index is 1200. The number of methoxy groups -OCH3 is 2. The SMILES string of the molecule is CC[C@H](C)NC(=O)c1cc2cc(N(C)S(=O)(=O)c3ccc(OC)c(OC)c3)ccc2s1. The summed E-state index contributed by atoms with van der Waals surface area (Å²) in [4.78, 5) is 13.1. The zero-order chi connectivity index (χ0) is 22.8. The minimum Gasteiger partial charge on any atom is -0.493 e. The van der Waals surface area contributed by atoms with Gasteiger partial charge in [-0.3, -0.25) is 9.10 Å². The van der Waals surface area contributed by atoms with Gasteiger partial charge in [0.25, 0.3) is 15.9 Å². The first kappa shape index (κ1) is 22.9. The van der Waals surface area contributed by atoms with Crippen molar-refractivity contribution in [2.45, 2.75) is 31.2 Å². The average molecular weight is 463 g/mol. The Kier molecular flexibility index (Phi) is 6.76. The van der Waals surface area contributed by atoms with Gasteiger partial charge in [0, 0.05) is 23.9 Å². The Morgan fingerprint density at radius 1 is 1.10 bits per heavy atom. The van der Waals surface area contributed by atoms with Crippen LogP contribution in [0.2, 0.25) is 0 Å². The van der Waals surface area contributed by atoms with Crippen molar-refractivity contribution >= 4 is 43.0 Å². The molecule has 1 heterocycles. The normalized spacial score (nSPS) is 12.4. The molecule has 0 aliphatic carbocycles. The maximum absolute atomic E-state index is 13.2. The van der Waals surface area contributed by atoms with Crippen molar-refractivity contribution in [2.75, 3.05) is 25.6 Å². The molecule has 0 saturated carbocycles. The molecule has 2 aromatic carbocycles. The van der Waals surface area contributed by atoms with Crippen LogP contribution in [-0.2, 0) is 10.0 Å². The molecule has 0 aliphatic rings. The summed E-state index contributed by atoms with van der Waals surface area (Å²) in [6.45, 7) is 3.97. The van der Waals surface area contributed by atoms with Crippen molar-refractivity contribution in [1.82, 2.24) is 5.32 Å². The first-order valence-corrected chi connectivity index (χ1v) is 12.0. The minimum absolute atomic E-state index is 0.0889. The molecule has 166 valence electrons. The average Bonchev–Trinajstić information content (AvgIpc) is 3.21. The van der Waals surface area contributed by atoms with E-state index >= 15 is 0 Å². The molecule has 1 atom stereocenters. The largest absolute Gasteiger partial charge is 0.493 e. The first-order valence-electron chi connectivity index (χ1n) is 9.76. The zero-order valence-electron chi connectivity index (χ0n) is 18.1. The van der Waals surface area contributed by atoms with Gasteiger partial charge in [-0.05, 0) is 55.1 Å². The van der Waals surface area contributed by atoms with Crippen LogP contribution >= 0.6 is 11.3 Å². The number of fused-ring (bicyclic) bond motifs is 1. The van der Waals surface area contributed by atoms with Crippen molar-refractivity contribution in [3.05, 3.63) is 47.3 Å². The van der Waals surface area contributed by atoms with Gasteiger partial charge < -0.3 is 14.8 Å². The van der Waals surface area contributed by atoms with Gasteiger partial charge >= 0.3 is 0 Å². The maximum atomic E-state index is 13.2. The molecule has 0 radical (unpaired) electrons. The Morgan fingerprint density at radius 2 is 1.81 bits per heavy atom. The standard InChI is InChI=1S/C22H26N2O5S2/c1-6-14(2)23-22(25)21-12-15-11-16(7-10-20(15)30-21)24(3)31(26,27)17-8-9-18(28-4)19(13-17)29-5/h7-14H,6H2,1-5H3,(H,23,25)/t14-/m0/s1. The number of amides is 1. The summed E-state index contributed by atoms with van der Waals surface area (Å²) in [5.41, 5.74) is 0.494. The van der Waals surface area contributed by atoms with E-state index in [1.165, 1.54) is 49.0 Å². The summed E-state index contributed by atoms with van der Waals surface area (Å²) in [6.07, 6.45) is 0.847. The van der Waals surface area contributed by atoms with E-state index in [4.69, 9.17) is 9.47 Å². The fraction of sp³-hybridized carbons (Fsp3) is 0.318. The third-order valence-corrected chi connectivity index (χ3v) is 7.99. The van der Waals surface area contributed by atoms with Crippen LogP contribution in [0.5, 0.6) is 11.5 Å². The molecule has 0 bridgehead atoms. The zero-order valence-corrected chi connectivity index (χ0v) is 19.8. The first-order chi connectivity index (χ1) is 14.7. The van der Waals surface area contributed by atoms with Crippen LogP contribution < -0.4 is 19.1 Å². The van der Waals surface area contributed by atoms with Crippen molar-refractivity contribution in [3.8, 4) is 11.5 Å². The summed E-state index contributed by atoms with van der Waals surface area (Å²) in [7, 11) is 0.619. The van der Waals surface area contributed by atoms with Gasteiger partial charge in [0.2, 0.25) is 0 Å². The summed E-state index contributed by atoms with van der Waals surface area (Å²) >= 11 is 1.38. The highest BCUT2D eigenvalue weighted by molar-refractivity contribution is 7.92. The third kappa shape index (κ3) is 4.62. The minimum atomic E-state index is -3.83. The number of anilines is 1. The Labute approximate surface area is 186 Å². The molecule has 3 rings (SSSR count). The number of carbonyl (C=O) groups excluding carboxylic acids is 1. The maximum Gasteiger partial charge on any atom is 0.264 e. The lowest BCUT2D eigenvalue weighted by Gasteiger charge is -2.20. The fourth-order valence-electron chi connectivity index (χ4n) is 3.01. The van der Waals surface area contributed by atoms with Gasteiger partial charge in [-0.15, -0.1) is 11.3 Å². The van der Waals surface area contributed by atoms with Crippen LogP contribution in [0, 0.1) is 0 Å². The van der Waals surface area contributed by atoms with Gasteiger partial charge in [-0.2, -0.15) is 0 Å². The molecule has 7 nitrogen and oxygen atoms in total. The van der Waals surface area contributed by atoms with Gasteiger partial charge in [0.05, 0.1) is 29.7 Å². The van der Waals surface area contributed by atoms with Gasteiger partial charge in [0.1, 0.15) is 0 Å². The molecule has 0 aliphatic heterocycles. The van der Waals surface area contributed by atoms with Crippen LogP contribution in [-0.4, -0.2) is 41.6 Å². The second kappa shape index (κ2) is 9.15. The predicted molar refractivity (Wildman–Crippen MR) is 124 cm³/mol. The van der Waals surface area contributed by atoms with Crippen molar-refractivity contribution < 1.29 is 22.7 Å². The van der Waals surface area contributed by atoms with Crippen molar-refractivity contribution in [2.24, 2.45) is 0 Å². The van der Waals surface area contributed by atoms with Gasteiger partial charge in [0.15, 0.2) is 11.5 Å². The molecule has 3 aromatic rings. The molecule has 0 spiro atoms.